The van der Waals surface area contributed by atoms with E-state index in [1.54, 1.807) is 6.07 Å². The molecular formula is C12H6BrClF3NO2S. The van der Waals surface area contributed by atoms with Gasteiger partial charge in [-0.3, -0.25) is 9.59 Å². The van der Waals surface area contributed by atoms with Crippen molar-refractivity contribution in [3.8, 4) is 0 Å². The summed E-state index contributed by atoms with van der Waals surface area (Å²) in [6.07, 6.45) is -4.05. The Morgan fingerprint density at radius 1 is 1.38 bits per heavy atom. The van der Waals surface area contributed by atoms with Crippen molar-refractivity contribution in [3.63, 3.8) is 0 Å². The van der Waals surface area contributed by atoms with Crippen LogP contribution in [0.3, 0.4) is 0 Å². The van der Waals surface area contributed by atoms with Crippen LogP contribution in [0.15, 0.2) is 33.0 Å². The minimum atomic E-state index is -4.64. The zero-order valence-corrected chi connectivity index (χ0v) is 13.2. The van der Waals surface area contributed by atoms with Gasteiger partial charge < -0.3 is 4.57 Å². The van der Waals surface area contributed by atoms with Crippen molar-refractivity contribution in [3.05, 3.63) is 54.0 Å². The second-order valence-corrected chi connectivity index (χ2v) is 6.90. The number of hydrogen-bond acceptors (Lipinski definition) is 3. The third kappa shape index (κ3) is 3.75. The van der Waals surface area contributed by atoms with Crippen LogP contribution in [0.4, 0.5) is 13.2 Å². The van der Waals surface area contributed by atoms with E-state index in [0.717, 1.165) is 11.3 Å². The van der Waals surface area contributed by atoms with Crippen LogP contribution in [-0.4, -0.2) is 10.4 Å². The minimum Gasteiger partial charge on any atom is -0.306 e. The molecule has 0 bridgehead atoms. The maximum Gasteiger partial charge on any atom is 0.417 e. The Bertz CT molecular complexity index is 754. The van der Waals surface area contributed by atoms with E-state index < -0.39 is 34.6 Å². The zero-order valence-electron chi connectivity index (χ0n) is 10.1. The molecule has 0 N–H and O–H groups in total. The maximum absolute atomic E-state index is 12.7. The summed E-state index contributed by atoms with van der Waals surface area (Å²) in [5.41, 5.74) is -1.92. The Morgan fingerprint density at radius 3 is 2.57 bits per heavy atom. The van der Waals surface area contributed by atoms with Gasteiger partial charge in [-0.05, 0) is 34.1 Å². The molecule has 0 fully saturated rings. The number of nitrogens with zero attached hydrogens (tertiary/aromatic N) is 1. The highest BCUT2D eigenvalue weighted by atomic mass is 79.9. The predicted octanol–water partition coefficient (Wildman–Crippen LogP) is 4.23. The van der Waals surface area contributed by atoms with Crippen molar-refractivity contribution in [2.24, 2.45) is 0 Å². The Balaban J connectivity index is 2.38. The van der Waals surface area contributed by atoms with E-state index in [9.17, 15) is 22.8 Å². The largest absolute Gasteiger partial charge is 0.417 e. The first kappa shape index (κ1) is 16.3. The summed E-state index contributed by atoms with van der Waals surface area (Å²) in [6, 6.07) is 3.71. The predicted molar refractivity (Wildman–Crippen MR) is 77.1 cm³/mol. The van der Waals surface area contributed by atoms with E-state index in [1.165, 1.54) is 6.07 Å². The zero-order chi connectivity index (χ0) is 15.8. The number of Topliss-reactive ketones (excluding diaryl/α,β-unsaturated/α-hetero) is 1. The molecule has 0 aliphatic carbocycles. The SMILES string of the molecule is O=C(Cn1cc(C(F)(F)F)cc(Cl)c1=O)c1ccc(Br)s1. The van der Waals surface area contributed by atoms with Crippen molar-refractivity contribution in [2.75, 3.05) is 0 Å². The molecule has 2 rings (SSSR count). The van der Waals surface area contributed by atoms with Crippen LogP contribution in [0.2, 0.25) is 5.02 Å². The first-order chi connectivity index (χ1) is 9.68. The Labute approximate surface area is 134 Å². The topological polar surface area (TPSA) is 39.1 Å². The first-order valence-electron chi connectivity index (χ1n) is 5.44. The standard InChI is InChI=1S/C12H6BrClF3NO2S/c13-10-2-1-9(21-10)8(19)5-18-4-6(12(15,16)17)3-7(14)11(18)20/h1-4H,5H2. The van der Waals surface area contributed by atoms with Gasteiger partial charge in [-0.25, -0.2) is 0 Å². The molecule has 0 atom stereocenters. The van der Waals surface area contributed by atoms with Crippen molar-refractivity contribution < 1.29 is 18.0 Å². The third-order valence-electron chi connectivity index (χ3n) is 2.53. The Hall–Kier alpha value is -1.12. The lowest BCUT2D eigenvalue weighted by atomic mass is 10.2. The van der Waals surface area contributed by atoms with Gasteiger partial charge in [-0.2, -0.15) is 13.2 Å². The number of thiophene rings is 1. The fourth-order valence-corrected chi connectivity index (χ4v) is 3.11. The molecule has 0 spiro atoms. The number of hydrogen-bond donors (Lipinski definition) is 0. The Kier molecular flexibility index (Phi) is 4.60. The molecular weight excluding hydrogens is 395 g/mol. The summed E-state index contributed by atoms with van der Waals surface area (Å²) in [5.74, 6) is -0.469. The number of pyridine rings is 1. The molecule has 2 heterocycles. The van der Waals surface area contributed by atoms with Gasteiger partial charge in [0.15, 0.2) is 5.78 Å². The summed E-state index contributed by atoms with van der Waals surface area (Å²) >= 11 is 9.82. The molecule has 9 heteroatoms. The molecule has 0 aromatic carbocycles. The van der Waals surface area contributed by atoms with Gasteiger partial charge in [0, 0.05) is 6.20 Å². The summed E-state index contributed by atoms with van der Waals surface area (Å²) in [4.78, 5) is 24.0. The quantitative estimate of drug-likeness (QED) is 0.724. The van der Waals surface area contributed by atoms with E-state index in [4.69, 9.17) is 11.6 Å². The van der Waals surface area contributed by atoms with Crippen LogP contribution in [-0.2, 0) is 12.7 Å². The van der Waals surface area contributed by atoms with E-state index in [0.29, 0.717) is 25.5 Å². The molecule has 2 aromatic rings. The molecule has 21 heavy (non-hydrogen) atoms. The molecule has 0 unspecified atom stereocenters. The molecule has 112 valence electrons. The fourth-order valence-electron chi connectivity index (χ4n) is 1.57. The van der Waals surface area contributed by atoms with Gasteiger partial charge in [0.25, 0.3) is 5.56 Å². The molecule has 0 radical (unpaired) electrons. The lowest BCUT2D eigenvalue weighted by molar-refractivity contribution is -0.138. The van der Waals surface area contributed by atoms with Gasteiger partial charge in [0.05, 0.1) is 20.8 Å². The van der Waals surface area contributed by atoms with Crippen LogP contribution in [0.5, 0.6) is 0 Å². The molecule has 0 saturated heterocycles. The molecule has 2 aromatic heterocycles. The molecule has 0 aliphatic rings. The van der Waals surface area contributed by atoms with E-state index in [1.807, 2.05) is 0 Å². The van der Waals surface area contributed by atoms with E-state index in [2.05, 4.69) is 15.9 Å². The van der Waals surface area contributed by atoms with Gasteiger partial charge in [0.1, 0.15) is 5.02 Å². The summed E-state index contributed by atoms with van der Waals surface area (Å²) in [5, 5.41) is -0.579. The molecule has 0 amide bonds. The molecule has 0 saturated carbocycles. The van der Waals surface area contributed by atoms with Crippen LogP contribution in [0.25, 0.3) is 0 Å². The smallest absolute Gasteiger partial charge is 0.306 e. The maximum atomic E-state index is 12.7. The van der Waals surface area contributed by atoms with Crippen molar-refractivity contribution in [2.45, 2.75) is 12.7 Å². The number of carbonyl (C=O) groups is 1. The number of halogens is 5. The fraction of sp³-hybridized carbons (Fsp3) is 0.167. The minimum absolute atomic E-state index is 0.335. The number of aromatic nitrogens is 1. The first-order valence-corrected chi connectivity index (χ1v) is 7.43. The van der Waals surface area contributed by atoms with Gasteiger partial charge in [-0.15, -0.1) is 11.3 Å². The lowest BCUT2D eigenvalue weighted by Crippen LogP contribution is -2.26. The highest BCUT2D eigenvalue weighted by molar-refractivity contribution is 9.11. The summed E-state index contributed by atoms with van der Waals surface area (Å²) in [7, 11) is 0. The number of carbonyl (C=O) groups excluding carboxylic acids is 1. The van der Waals surface area contributed by atoms with Gasteiger partial charge >= 0.3 is 6.18 Å². The highest BCUT2D eigenvalue weighted by Crippen LogP contribution is 2.29. The van der Waals surface area contributed by atoms with Crippen LogP contribution in [0, 0.1) is 0 Å². The van der Waals surface area contributed by atoms with E-state index >= 15 is 0 Å². The third-order valence-corrected chi connectivity index (χ3v) is 4.47. The lowest BCUT2D eigenvalue weighted by Gasteiger charge is -2.11. The summed E-state index contributed by atoms with van der Waals surface area (Å²) in [6.45, 7) is -0.505. The molecule has 3 nitrogen and oxygen atoms in total. The second-order valence-electron chi connectivity index (χ2n) is 4.03. The van der Waals surface area contributed by atoms with Crippen LogP contribution < -0.4 is 5.56 Å². The molecule has 0 aliphatic heterocycles. The highest BCUT2D eigenvalue weighted by Gasteiger charge is 2.32. The number of rotatable bonds is 3. The van der Waals surface area contributed by atoms with Crippen molar-refractivity contribution >= 4 is 44.7 Å². The van der Waals surface area contributed by atoms with Gasteiger partial charge in [0.2, 0.25) is 0 Å². The number of alkyl halides is 3. The summed E-state index contributed by atoms with van der Waals surface area (Å²) < 4.78 is 39.4. The average Bonchev–Trinajstić information content (AvgIpc) is 2.80. The van der Waals surface area contributed by atoms with Crippen LogP contribution >= 0.6 is 38.9 Å². The van der Waals surface area contributed by atoms with Crippen molar-refractivity contribution in [1.82, 2.24) is 4.57 Å². The number of ketones is 1. The van der Waals surface area contributed by atoms with Gasteiger partial charge in [-0.1, -0.05) is 11.6 Å². The Morgan fingerprint density at radius 2 is 2.05 bits per heavy atom. The second kappa shape index (κ2) is 5.94. The average molecular weight is 401 g/mol. The van der Waals surface area contributed by atoms with Crippen molar-refractivity contribution in [1.29, 1.82) is 0 Å². The normalized spacial score (nSPS) is 11.7. The van der Waals surface area contributed by atoms with Crippen LogP contribution in [0.1, 0.15) is 15.2 Å². The van der Waals surface area contributed by atoms with E-state index in [-0.39, 0.29) is 0 Å². The monoisotopic (exact) mass is 399 g/mol.